The van der Waals surface area contributed by atoms with Gasteiger partial charge in [0.25, 0.3) is 0 Å². The number of imidazole rings is 1. The first-order chi connectivity index (χ1) is 12.9. The molecular formula is C21H25N3O2S. The van der Waals surface area contributed by atoms with Crippen LogP contribution in [0.2, 0.25) is 0 Å². The normalized spacial score (nSPS) is 21.6. The van der Waals surface area contributed by atoms with Crippen LogP contribution < -0.4 is 5.32 Å². The van der Waals surface area contributed by atoms with Crippen LogP contribution in [-0.4, -0.2) is 30.1 Å². The Morgan fingerprint density at radius 2 is 1.93 bits per heavy atom. The van der Waals surface area contributed by atoms with Crippen LogP contribution in [0.25, 0.3) is 5.65 Å². The molecule has 0 radical (unpaired) electrons. The molecule has 0 spiro atoms. The Balaban J connectivity index is 1.42. The lowest BCUT2D eigenvalue weighted by atomic mass is 9.97. The molecule has 1 saturated carbocycles. The minimum Gasteiger partial charge on any atom is -0.306 e. The largest absolute Gasteiger partial charge is 0.306 e. The second-order valence-electron chi connectivity index (χ2n) is 7.55. The number of fused-ring (bicyclic) bond motifs is 1. The highest BCUT2D eigenvalue weighted by molar-refractivity contribution is 7.90. The molecule has 5 nitrogen and oxygen atoms in total. The SMILES string of the molecule is C[C@@H](N[C@H]1CCC(c2ccc(S(C)(=O)=O)cc2)C1)c1cnc2ccccn12. The summed E-state index contributed by atoms with van der Waals surface area (Å²) in [6.07, 6.45) is 8.56. The fourth-order valence-corrected chi connectivity index (χ4v) is 4.76. The Hall–Kier alpha value is -2.18. The second kappa shape index (κ2) is 7.09. The number of benzene rings is 1. The molecule has 1 unspecified atom stereocenters. The van der Waals surface area contributed by atoms with Gasteiger partial charge in [-0.3, -0.25) is 0 Å². The summed E-state index contributed by atoms with van der Waals surface area (Å²) in [6, 6.07) is 14.1. The van der Waals surface area contributed by atoms with Gasteiger partial charge in [-0.25, -0.2) is 13.4 Å². The number of hydrogen-bond acceptors (Lipinski definition) is 4. The van der Waals surface area contributed by atoms with E-state index < -0.39 is 9.84 Å². The predicted octanol–water partition coefficient (Wildman–Crippen LogP) is 3.72. The summed E-state index contributed by atoms with van der Waals surface area (Å²) in [6.45, 7) is 2.19. The fraction of sp³-hybridized carbons (Fsp3) is 0.381. The number of sulfone groups is 1. The highest BCUT2D eigenvalue weighted by Crippen LogP contribution is 2.35. The number of pyridine rings is 1. The van der Waals surface area contributed by atoms with E-state index in [1.54, 1.807) is 12.1 Å². The molecule has 1 aromatic carbocycles. The van der Waals surface area contributed by atoms with Crippen LogP contribution in [0.4, 0.5) is 0 Å². The maximum absolute atomic E-state index is 11.6. The zero-order valence-electron chi connectivity index (χ0n) is 15.7. The van der Waals surface area contributed by atoms with Crippen LogP contribution in [-0.2, 0) is 9.84 Å². The van der Waals surface area contributed by atoms with E-state index >= 15 is 0 Å². The first-order valence-corrected chi connectivity index (χ1v) is 11.3. The molecule has 1 aliphatic carbocycles. The third-order valence-corrected chi connectivity index (χ3v) is 6.72. The zero-order valence-corrected chi connectivity index (χ0v) is 16.5. The van der Waals surface area contributed by atoms with Gasteiger partial charge in [-0.1, -0.05) is 18.2 Å². The van der Waals surface area contributed by atoms with Gasteiger partial charge < -0.3 is 9.72 Å². The van der Waals surface area contributed by atoms with Crippen LogP contribution in [0.1, 0.15) is 49.4 Å². The van der Waals surface area contributed by atoms with Gasteiger partial charge in [-0.2, -0.15) is 0 Å². The highest BCUT2D eigenvalue weighted by atomic mass is 32.2. The molecule has 6 heteroatoms. The summed E-state index contributed by atoms with van der Waals surface area (Å²) in [5, 5.41) is 3.75. The monoisotopic (exact) mass is 383 g/mol. The lowest BCUT2D eigenvalue weighted by molar-refractivity contribution is 0.449. The predicted molar refractivity (Wildman–Crippen MR) is 107 cm³/mol. The van der Waals surface area contributed by atoms with Gasteiger partial charge in [0.15, 0.2) is 9.84 Å². The Morgan fingerprint density at radius 1 is 1.15 bits per heavy atom. The van der Waals surface area contributed by atoms with Gasteiger partial charge in [0.05, 0.1) is 16.8 Å². The van der Waals surface area contributed by atoms with E-state index in [1.165, 1.54) is 17.5 Å². The molecule has 0 saturated heterocycles. The number of nitrogens with zero attached hydrogens (tertiary/aromatic N) is 2. The number of rotatable bonds is 5. The van der Waals surface area contributed by atoms with Gasteiger partial charge in [0.2, 0.25) is 0 Å². The molecule has 2 heterocycles. The topological polar surface area (TPSA) is 63.5 Å². The van der Waals surface area contributed by atoms with Gasteiger partial charge in [0.1, 0.15) is 5.65 Å². The highest BCUT2D eigenvalue weighted by Gasteiger charge is 2.27. The molecule has 3 aromatic rings. The first-order valence-electron chi connectivity index (χ1n) is 9.40. The van der Waals surface area contributed by atoms with Crippen molar-refractivity contribution in [3.05, 3.63) is 66.1 Å². The summed E-state index contributed by atoms with van der Waals surface area (Å²) in [5.41, 5.74) is 3.37. The molecule has 142 valence electrons. The molecule has 3 atom stereocenters. The van der Waals surface area contributed by atoms with E-state index in [-0.39, 0.29) is 6.04 Å². The summed E-state index contributed by atoms with van der Waals surface area (Å²) in [5.74, 6) is 0.477. The van der Waals surface area contributed by atoms with Crippen molar-refractivity contribution in [1.82, 2.24) is 14.7 Å². The van der Waals surface area contributed by atoms with E-state index in [2.05, 4.69) is 27.8 Å². The molecule has 4 rings (SSSR count). The second-order valence-corrected chi connectivity index (χ2v) is 9.56. The van der Waals surface area contributed by atoms with Crippen molar-refractivity contribution in [3.8, 4) is 0 Å². The summed E-state index contributed by atoms with van der Waals surface area (Å²) < 4.78 is 25.4. The third kappa shape index (κ3) is 3.77. The van der Waals surface area contributed by atoms with Gasteiger partial charge in [-0.05, 0) is 61.9 Å². The van der Waals surface area contributed by atoms with Crippen molar-refractivity contribution >= 4 is 15.5 Å². The van der Waals surface area contributed by atoms with Crippen LogP contribution >= 0.6 is 0 Å². The molecule has 0 bridgehead atoms. The van der Waals surface area contributed by atoms with Crippen LogP contribution in [0.15, 0.2) is 59.8 Å². The summed E-state index contributed by atoms with van der Waals surface area (Å²) >= 11 is 0. The lowest BCUT2D eigenvalue weighted by Crippen LogP contribution is -2.30. The molecule has 1 fully saturated rings. The van der Waals surface area contributed by atoms with Crippen LogP contribution in [0, 0.1) is 0 Å². The lowest BCUT2D eigenvalue weighted by Gasteiger charge is -2.20. The van der Waals surface area contributed by atoms with E-state index in [9.17, 15) is 8.42 Å². The standard InChI is InChI=1S/C21H25N3O2S/c1-15(20-14-22-21-5-3-4-12-24(20)21)23-18-9-6-17(13-18)16-7-10-19(11-8-16)27(2,25)26/h3-5,7-8,10-12,14-15,17-18,23H,6,9,13H2,1-2H3/t15-,17?,18+/m1/s1. The van der Waals surface area contributed by atoms with Crippen molar-refractivity contribution in [2.24, 2.45) is 0 Å². The quantitative estimate of drug-likeness (QED) is 0.729. The van der Waals surface area contributed by atoms with Crippen LogP contribution in [0.3, 0.4) is 0 Å². The molecule has 0 aliphatic heterocycles. The smallest absolute Gasteiger partial charge is 0.175 e. The number of hydrogen-bond donors (Lipinski definition) is 1. The van der Waals surface area contributed by atoms with Gasteiger partial charge in [-0.15, -0.1) is 0 Å². The Morgan fingerprint density at radius 3 is 2.67 bits per heavy atom. The molecule has 1 aliphatic rings. The zero-order chi connectivity index (χ0) is 19.0. The number of aromatic nitrogens is 2. The third-order valence-electron chi connectivity index (χ3n) is 5.59. The van der Waals surface area contributed by atoms with Crippen molar-refractivity contribution in [3.63, 3.8) is 0 Å². The molecule has 27 heavy (non-hydrogen) atoms. The van der Waals surface area contributed by atoms with Crippen molar-refractivity contribution < 1.29 is 8.42 Å². The molecule has 2 aromatic heterocycles. The Kier molecular flexibility index (Phi) is 4.78. The summed E-state index contributed by atoms with van der Waals surface area (Å²) in [7, 11) is -3.13. The average molecular weight is 384 g/mol. The van der Waals surface area contributed by atoms with Gasteiger partial charge in [0, 0.05) is 24.5 Å². The maximum atomic E-state index is 11.6. The van der Waals surface area contributed by atoms with E-state index in [1.807, 2.05) is 36.5 Å². The molecule has 1 N–H and O–H groups in total. The molecular weight excluding hydrogens is 358 g/mol. The Labute approximate surface area is 160 Å². The first kappa shape index (κ1) is 18.2. The molecule has 0 amide bonds. The maximum Gasteiger partial charge on any atom is 0.175 e. The van der Waals surface area contributed by atoms with Crippen molar-refractivity contribution in [1.29, 1.82) is 0 Å². The van der Waals surface area contributed by atoms with E-state index in [0.717, 1.165) is 24.9 Å². The number of nitrogens with one attached hydrogen (secondary N) is 1. The summed E-state index contributed by atoms with van der Waals surface area (Å²) in [4.78, 5) is 4.87. The van der Waals surface area contributed by atoms with Crippen molar-refractivity contribution in [2.75, 3.05) is 6.26 Å². The minimum atomic E-state index is -3.13. The van der Waals surface area contributed by atoms with Crippen molar-refractivity contribution in [2.45, 2.75) is 49.1 Å². The van der Waals surface area contributed by atoms with E-state index in [4.69, 9.17) is 0 Å². The minimum absolute atomic E-state index is 0.221. The van der Waals surface area contributed by atoms with Crippen LogP contribution in [0.5, 0.6) is 0 Å². The fourth-order valence-electron chi connectivity index (χ4n) is 4.13. The Bertz CT molecular complexity index is 1040. The average Bonchev–Trinajstić information content (AvgIpc) is 3.28. The van der Waals surface area contributed by atoms with E-state index in [0.29, 0.717) is 16.9 Å². The van der Waals surface area contributed by atoms with Gasteiger partial charge >= 0.3 is 0 Å².